The molecule has 4 fully saturated rings. The maximum atomic E-state index is 14.1. The van der Waals surface area contributed by atoms with Crippen LogP contribution in [0, 0.1) is 23.2 Å². The van der Waals surface area contributed by atoms with Gasteiger partial charge in [-0.2, -0.15) is 5.10 Å². The second-order valence-corrected chi connectivity index (χ2v) is 14.1. The van der Waals surface area contributed by atoms with Crippen molar-refractivity contribution in [1.29, 1.82) is 0 Å². The second kappa shape index (κ2) is 13.9. The number of carbonyl (C=O) groups excluding carboxylic acids is 4. The van der Waals surface area contributed by atoms with Crippen molar-refractivity contribution in [3.8, 4) is 0 Å². The number of nitrogens with one attached hydrogen (secondary N) is 2. The molecule has 0 radical (unpaired) electrons. The van der Waals surface area contributed by atoms with E-state index in [2.05, 4.69) is 15.7 Å². The van der Waals surface area contributed by atoms with Crippen LogP contribution >= 0.6 is 0 Å². The highest BCUT2D eigenvalue weighted by atomic mass is 16.5. The van der Waals surface area contributed by atoms with Gasteiger partial charge in [-0.15, -0.1) is 0 Å². The highest BCUT2D eigenvalue weighted by molar-refractivity contribution is 5.95. The van der Waals surface area contributed by atoms with Crippen LogP contribution in [0.2, 0.25) is 0 Å². The number of likely N-dealkylation sites (tertiary alicyclic amines) is 2. The molecule has 2 saturated carbocycles. The number of hydrogen-bond donors (Lipinski definition) is 2. The molecule has 6 rings (SSSR count). The Kier molecular flexibility index (Phi) is 9.77. The van der Waals surface area contributed by atoms with Crippen molar-refractivity contribution in [1.82, 2.24) is 30.2 Å². The van der Waals surface area contributed by atoms with E-state index in [1.807, 2.05) is 42.2 Å². The van der Waals surface area contributed by atoms with E-state index in [0.717, 1.165) is 31.2 Å². The number of benzene rings is 1. The van der Waals surface area contributed by atoms with Gasteiger partial charge in [0.05, 0.1) is 30.3 Å². The summed E-state index contributed by atoms with van der Waals surface area (Å²) >= 11 is 0. The third-order valence-electron chi connectivity index (χ3n) is 10.5. The lowest BCUT2D eigenvalue weighted by Crippen LogP contribution is -2.65. The predicted octanol–water partition coefficient (Wildman–Crippen LogP) is 2.85. The van der Waals surface area contributed by atoms with Crippen LogP contribution in [0.15, 0.2) is 42.7 Å². The van der Waals surface area contributed by atoms with E-state index in [9.17, 15) is 19.2 Å². The van der Waals surface area contributed by atoms with Gasteiger partial charge in [0.25, 0.3) is 5.91 Å². The number of hydrogen-bond acceptors (Lipinski definition) is 6. The van der Waals surface area contributed by atoms with Crippen molar-refractivity contribution in [2.24, 2.45) is 23.2 Å². The minimum atomic E-state index is -0.869. The van der Waals surface area contributed by atoms with Crippen LogP contribution in [0.5, 0.6) is 0 Å². The molecule has 3 atom stereocenters. The lowest BCUT2D eigenvalue weighted by molar-refractivity contribution is -0.151. The average molecular weight is 633 g/mol. The summed E-state index contributed by atoms with van der Waals surface area (Å²) in [5.74, 6) is -0.299. The fourth-order valence-corrected chi connectivity index (χ4v) is 7.45. The van der Waals surface area contributed by atoms with Crippen LogP contribution in [-0.2, 0) is 25.7 Å². The molecule has 46 heavy (non-hydrogen) atoms. The smallest absolute Gasteiger partial charge is 0.257 e. The summed E-state index contributed by atoms with van der Waals surface area (Å²) in [6.45, 7) is 4.35. The molecule has 1 aromatic carbocycles. The fourth-order valence-electron chi connectivity index (χ4n) is 7.45. The largest absolute Gasteiger partial charge is 0.376 e. The van der Waals surface area contributed by atoms with Crippen molar-refractivity contribution in [2.75, 3.05) is 39.8 Å². The molecule has 0 unspecified atom stereocenters. The van der Waals surface area contributed by atoms with Crippen molar-refractivity contribution in [3.05, 3.63) is 53.9 Å². The highest BCUT2D eigenvalue weighted by Crippen LogP contribution is 2.46. The molecule has 2 aliphatic heterocycles. The summed E-state index contributed by atoms with van der Waals surface area (Å²) in [6, 6.07) is 9.05. The molecule has 2 aliphatic carbocycles. The maximum Gasteiger partial charge on any atom is 0.257 e. The Morgan fingerprint density at radius 1 is 0.978 bits per heavy atom. The van der Waals surface area contributed by atoms with Crippen molar-refractivity contribution < 1.29 is 23.9 Å². The molecular weight excluding hydrogens is 584 g/mol. The quantitative estimate of drug-likeness (QED) is 0.371. The first-order valence-electron chi connectivity index (χ1n) is 17.0. The van der Waals surface area contributed by atoms with Gasteiger partial charge in [0, 0.05) is 57.9 Å². The Bertz CT molecular complexity index is 1400. The van der Waals surface area contributed by atoms with Crippen LogP contribution in [-0.4, -0.2) is 95.2 Å². The Balaban J connectivity index is 1.15. The zero-order valence-electron chi connectivity index (χ0n) is 27.2. The molecule has 2 N–H and O–H groups in total. The van der Waals surface area contributed by atoms with Crippen molar-refractivity contribution >= 4 is 23.6 Å². The van der Waals surface area contributed by atoms with E-state index in [-0.39, 0.29) is 30.2 Å². The van der Waals surface area contributed by atoms with E-state index < -0.39 is 23.5 Å². The van der Waals surface area contributed by atoms with E-state index in [1.165, 1.54) is 19.3 Å². The summed E-state index contributed by atoms with van der Waals surface area (Å²) < 4.78 is 7.91. The SMILES string of the molecule is CNC(=O)[C@@H](NC(=O)[C@@H]1CN(C(=O)c2cnn(Cc3ccccc3)c2)CC12CN(C(=O)CC1CC1)C2)[C@@H](C)OCC1CCCCC1. The van der Waals surface area contributed by atoms with Gasteiger partial charge in [0.1, 0.15) is 6.04 Å². The van der Waals surface area contributed by atoms with Gasteiger partial charge in [-0.1, -0.05) is 49.6 Å². The molecule has 4 aliphatic rings. The maximum absolute atomic E-state index is 14.1. The van der Waals surface area contributed by atoms with Crippen LogP contribution in [0.3, 0.4) is 0 Å². The van der Waals surface area contributed by atoms with Gasteiger partial charge in [-0.05, 0) is 50.0 Å². The summed E-state index contributed by atoms with van der Waals surface area (Å²) in [5.41, 5.74) is 0.967. The molecule has 2 aromatic rings. The van der Waals surface area contributed by atoms with Gasteiger partial charge < -0.3 is 25.2 Å². The number of ether oxygens (including phenoxy) is 1. The van der Waals surface area contributed by atoms with E-state index in [4.69, 9.17) is 4.74 Å². The van der Waals surface area contributed by atoms with Crippen LogP contribution in [0.1, 0.15) is 74.2 Å². The second-order valence-electron chi connectivity index (χ2n) is 14.1. The van der Waals surface area contributed by atoms with Crippen LogP contribution in [0.4, 0.5) is 0 Å². The Hall–Kier alpha value is -3.73. The van der Waals surface area contributed by atoms with Gasteiger partial charge in [0.2, 0.25) is 17.7 Å². The van der Waals surface area contributed by atoms with E-state index in [1.54, 1.807) is 29.0 Å². The first-order valence-corrected chi connectivity index (χ1v) is 17.0. The van der Waals surface area contributed by atoms with Gasteiger partial charge >= 0.3 is 0 Å². The summed E-state index contributed by atoms with van der Waals surface area (Å²) in [6.07, 6.45) is 11.4. The number of amides is 4. The lowest BCUT2D eigenvalue weighted by atomic mass is 9.71. The lowest BCUT2D eigenvalue weighted by Gasteiger charge is -2.50. The summed E-state index contributed by atoms with van der Waals surface area (Å²) in [5, 5.41) is 10.1. The first-order chi connectivity index (χ1) is 22.2. The molecule has 248 valence electrons. The minimum absolute atomic E-state index is 0.118. The van der Waals surface area contributed by atoms with E-state index >= 15 is 0 Å². The Morgan fingerprint density at radius 2 is 1.70 bits per heavy atom. The third-order valence-corrected chi connectivity index (χ3v) is 10.5. The third kappa shape index (κ3) is 7.29. The number of aromatic nitrogens is 2. The van der Waals surface area contributed by atoms with Crippen LogP contribution in [0.25, 0.3) is 0 Å². The zero-order valence-corrected chi connectivity index (χ0v) is 27.2. The fraction of sp³-hybridized carbons (Fsp3) is 0.629. The Morgan fingerprint density at radius 3 is 2.39 bits per heavy atom. The van der Waals surface area contributed by atoms with Gasteiger partial charge in [-0.3, -0.25) is 23.9 Å². The van der Waals surface area contributed by atoms with Crippen molar-refractivity contribution in [3.63, 3.8) is 0 Å². The number of nitrogens with zero attached hydrogens (tertiary/aromatic N) is 4. The number of carbonyl (C=O) groups is 4. The Labute approximate surface area is 271 Å². The molecule has 3 heterocycles. The number of rotatable bonds is 12. The monoisotopic (exact) mass is 632 g/mol. The predicted molar refractivity (Wildman–Crippen MR) is 172 cm³/mol. The van der Waals surface area contributed by atoms with Gasteiger partial charge in [-0.25, -0.2) is 0 Å². The average Bonchev–Trinajstić information content (AvgIpc) is 3.58. The molecule has 2 saturated heterocycles. The zero-order chi connectivity index (χ0) is 32.3. The summed E-state index contributed by atoms with van der Waals surface area (Å²) in [7, 11) is 1.56. The molecule has 4 amide bonds. The molecule has 1 aromatic heterocycles. The van der Waals surface area contributed by atoms with E-state index in [0.29, 0.717) is 56.6 Å². The van der Waals surface area contributed by atoms with Crippen LogP contribution < -0.4 is 10.6 Å². The highest BCUT2D eigenvalue weighted by Gasteiger charge is 2.59. The first kappa shape index (κ1) is 32.2. The number of likely N-dealkylation sites (N-methyl/N-ethyl adjacent to an activating group) is 1. The molecule has 0 bridgehead atoms. The van der Waals surface area contributed by atoms with Gasteiger partial charge in [0.15, 0.2) is 0 Å². The molecule has 11 heteroatoms. The topological polar surface area (TPSA) is 126 Å². The molecular formula is C35H48N6O5. The normalized spacial score (nSPS) is 22.3. The van der Waals surface area contributed by atoms with Crippen molar-refractivity contribution in [2.45, 2.75) is 77.0 Å². The standard InChI is InChI=1S/C35H48N6O5/c1-24(46-20-27-11-7-4-8-12-27)31(33(44)36-2)38-32(43)29-19-39(21-35(29)22-40(23-35)30(42)15-25-13-14-25)34(45)28-16-37-41(18-28)17-26-9-5-3-6-10-26/h3,5-6,9-10,16,18,24-25,27,29,31H,4,7-8,11-15,17,19-23H2,1-2H3,(H,36,44)(H,38,43)/t24-,29+,31+/m1/s1. The summed E-state index contributed by atoms with van der Waals surface area (Å²) in [4.78, 5) is 57.3. The minimum Gasteiger partial charge on any atom is -0.376 e. The molecule has 11 nitrogen and oxygen atoms in total. The molecule has 1 spiro atoms.